The molecule has 3 heterocycles. The first kappa shape index (κ1) is 16.5. The molecule has 4 aromatic rings. The van der Waals surface area contributed by atoms with Crippen molar-refractivity contribution in [1.29, 1.82) is 0 Å². The third-order valence-electron chi connectivity index (χ3n) is 4.93. The van der Waals surface area contributed by atoms with E-state index in [0.717, 1.165) is 28.8 Å². The predicted molar refractivity (Wildman–Crippen MR) is 105 cm³/mol. The molecule has 0 radical (unpaired) electrons. The van der Waals surface area contributed by atoms with Gasteiger partial charge in [-0.2, -0.15) is 0 Å². The molecule has 5 nitrogen and oxygen atoms in total. The zero-order valence-electron chi connectivity index (χ0n) is 14.8. The van der Waals surface area contributed by atoms with Gasteiger partial charge in [-0.3, -0.25) is 14.3 Å². The Kier molecular flexibility index (Phi) is 3.83. The molecule has 3 aromatic heterocycles. The van der Waals surface area contributed by atoms with E-state index in [9.17, 15) is 9.18 Å². The number of aromatic nitrogens is 4. The lowest BCUT2D eigenvalue weighted by molar-refractivity contribution is 0.595. The zero-order valence-corrected chi connectivity index (χ0v) is 14.8. The van der Waals surface area contributed by atoms with Crippen LogP contribution < -0.4 is 5.56 Å². The van der Waals surface area contributed by atoms with Gasteiger partial charge in [0.15, 0.2) is 5.52 Å². The van der Waals surface area contributed by atoms with Gasteiger partial charge in [-0.05, 0) is 35.4 Å². The van der Waals surface area contributed by atoms with Gasteiger partial charge in [-0.15, -0.1) is 0 Å². The van der Waals surface area contributed by atoms with Crippen LogP contribution in [0.15, 0.2) is 66.0 Å². The van der Waals surface area contributed by atoms with Crippen LogP contribution in [0.4, 0.5) is 4.39 Å². The highest BCUT2D eigenvalue weighted by atomic mass is 19.1. The fourth-order valence-corrected chi connectivity index (χ4v) is 3.42. The lowest BCUT2D eigenvalue weighted by Gasteiger charge is -2.10. The average molecular weight is 370 g/mol. The Hall–Kier alpha value is -3.67. The zero-order chi connectivity index (χ0) is 19.1. The lowest BCUT2D eigenvalue weighted by Crippen LogP contribution is -2.22. The molecule has 1 aliphatic carbocycles. The lowest BCUT2D eigenvalue weighted by atomic mass is 10.0. The SMILES string of the molecule is O=c1c2ncccc2ncn1Cc1ccc(-c2cnc3c(c2)C=CC3)cc1F. The van der Waals surface area contributed by atoms with E-state index in [0.29, 0.717) is 11.1 Å². The van der Waals surface area contributed by atoms with Crippen LogP contribution >= 0.6 is 0 Å². The van der Waals surface area contributed by atoms with E-state index < -0.39 is 0 Å². The summed E-state index contributed by atoms with van der Waals surface area (Å²) in [6, 6.07) is 10.5. The number of hydrogen-bond donors (Lipinski definition) is 0. The van der Waals surface area contributed by atoms with Gasteiger partial charge in [-0.1, -0.05) is 24.3 Å². The summed E-state index contributed by atoms with van der Waals surface area (Å²) in [5.41, 5.74) is 4.66. The van der Waals surface area contributed by atoms with Crippen molar-refractivity contribution in [3.63, 3.8) is 0 Å². The molecule has 0 unspecified atom stereocenters. The molecule has 136 valence electrons. The highest BCUT2D eigenvalue weighted by molar-refractivity contribution is 5.72. The summed E-state index contributed by atoms with van der Waals surface area (Å²) in [4.78, 5) is 25.3. The molecule has 0 amide bonds. The average Bonchev–Trinajstić information content (AvgIpc) is 3.19. The molecule has 0 aliphatic heterocycles. The summed E-state index contributed by atoms with van der Waals surface area (Å²) in [6.45, 7) is 0.0929. The Labute approximate surface area is 159 Å². The number of hydrogen-bond acceptors (Lipinski definition) is 4. The van der Waals surface area contributed by atoms with E-state index in [1.54, 1.807) is 30.6 Å². The summed E-state index contributed by atoms with van der Waals surface area (Å²) in [5, 5.41) is 0. The van der Waals surface area contributed by atoms with E-state index in [1.807, 2.05) is 18.2 Å². The third kappa shape index (κ3) is 2.79. The molecule has 1 aromatic carbocycles. The topological polar surface area (TPSA) is 60.7 Å². The normalized spacial score (nSPS) is 12.5. The molecule has 0 saturated carbocycles. The molecule has 0 saturated heterocycles. The number of nitrogens with zero attached hydrogens (tertiary/aromatic N) is 4. The van der Waals surface area contributed by atoms with Crippen molar-refractivity contribution in [3.8, 4) is 11.1 Å². The summed E-state index contributed by atoms with van der Waals surface area (Å²) >= 11 is 0. The number of halogens is 1. The number of benzene rings is 1. The standard InChI is InChI=1S/C22H15FN4O/c23-18-10-14(17-9-15-3-1-4-19(15)25-11-17)6-7-16(18)12-27-13-26-20-5-2-8-24-21(20)22(27)28/h1-3,5-11,13H,4,12H2. The Morgan fingerprint density at radius 1 is 1.07 bits per heavy atom. The summed E-state index contributed by atoms with van der Waals surface area (Å²) in [7, 11) is 0. The molecular weight excluding hydrogens is 355 g/mol. The molecule has 6 heteroatoms. The second-order valence-electron chi connectivity index (χ2n) is 6.72. The molecule has 0 spiro atoms. The van der Waals surface area contributed by atoms with E-state index in [4.69, 9.17) is 0 Å². The largest absolute Gasteiger partial charge is 0.293 e. The van der Waals surface area contributed by atoms with Crippen LogP contribution in [-0.4, -0.2) is 19.5 Å². The maximum absolute atomic E-state index is 14.8. The molecule has 0 bridgehead atoms. The van der Waals surface area contributed by atoms with Crippen LogP contribution in [0.1, 0.15) is 16.8 Å². The van der Waals surface area contributed by atoms with Crippen molar-refractivity contribution in [2.45, 2.75) is 13.0 Å². The van der Waals surface area contributed by atoms with Gasteiger partial charge in [0, 0.05) is 29.9 Å². The summed E-state index contributed by atoms with van der Waals surface area (Å²) < 4.78 is 16.1. The fourth-order valence-electron chi connectivity index (χ4n) is 3.42. The van der Waals surface area contributed by atoms with E-state index >= 15 is 0 Å². The predicted octanol–water partition coefficient (Wildman–Crippen LogP) is 3.61. The number of rotatable bonds is 3. The van der Waals surface area contributed by atoms with Gasteiger partial charge in [0.25, 0.3) is 5.56 Å². The van der Waals surface area contributed by atoms with Crippen LogP contribution in [0.3, 0.4) is 0 Å². The van der Waals surface area contributed by atoms with Crippen LogP contribution in [0.2, 0.25) is 0 Å². The number of fused-ring (bicyclic) bond motifs is 2. The van der Waals surface area contributed by atoms with E-state index in [-0.39, 0.29) is 23.4 Å². The first-order valence-corrected chi connectivity index (χ1v) is 8.93. The van der Waals surface area contributed by atoms with Crippen molar-refractivity contribution >= 4 is 17.1 Å². The molecule has 0 fully saturated rings. The summed E-state index contributed by atoms with van der Waals surface area (Å²) in [5.74, 6) is -0.374. The van der Waals surface area contributed by atoms with Gasteiger partial charge in [0.2, 0.25) is 0 Å². The molecule has 0 N–H and O–H groups in total. The van der Waals surface area contributed by atoms with E-state index in [1.165, 1.54) is 17.0 Å². The smallest absolute Gasteiger partial charge is 0.280 e. The van der Waals surface area contributed by atoms with Crippen molar-refractivity contribution < 1.29 is 4.39 Å². The van der Waals surface area contributed by atoms with Crippen LogP contribution in [0, 0.1) is 5.82 Å². The maximum Gasteiger partial charge on any atom is 0.280 e. The maximum atomic E-state index is 14.8. The van der Waals surface area contributed by atoms with Gasteiger partial charge in [0.05, 0.1) is 24.1 Å². The summed E-state index contributed by atoms with van der Waals surface area (Å²) in [6.07, 6.45) is 9.68. The monoisotopic (exact) mass is 370 g/mol. The Bertz CT molecular complexity index is 1310. The van der Waals surface area contributed by atoms with Gasteiger partial charge < -0.3 is 0 Å². The minimum absolute atomic E-state index is 0.0929. The second-order valence-corrected chi connectivity index (χ2v) is 6.72. The minimum Gasteiger partial charge on any atom is -0.293 e. The molecule has 28 heavy (non-hydrogen) atoms. The van der Waals surface area contributed by atoms with Crippen LogP contribution in [0.25, 0.3) is 28.2 Å². The van der Waals surface area contributed by atoms with Crippen molar-refractivity contribution in [2.24, 2.45) is 0 Å². The second kappa shape index (κ2) is 6.49. The fraction of sp³-hybridized carbons (Fsp3) is 0.0909. The Morgan fingerprint density at radius 2 is 2.00 bits per heavy atom. The van der Waals surface area contributed by atoms with Gasteiger partial charge in [-0.25, -0.2) is 14.4 Å². The third-order valence-corrected chi connectivity index (χ3v) is 4.93. The van der Waals surface area contributed by atoms with Crippen LogP contribution in [-0.2, 0) is 13.0 Å². The first-order chi connectivity index (χ1) is 13.7. The molecular formula is C22H15FN4O. The quantitative estimate of drug-likeness (QED) is 0.553. The highest BCUT2D eigenvalue weighted by Crippen LogP contribution is 2.26. The number of pyridine rings is 2. The van der Waals surface area contributed by atoms with Gasteiger partial charge >= 0.3 is 0 Å². The van der Waals surface area contributed by atoms with E-state index in [2.05, 4.69) is 21.0 Å². The van der Waals surface area contributed by atoms with Gasteiger partial charge in [0.1, 0.15) is 5.82 Å². The Balaban J connectivity index is 1.48. The first-order valence-electron chi connectivity index (χ1n) is 8.93. The highest BCUT2D eigenvalue weighted by Gasteiger charge is 2.12. The Morgan fingerprint density at radius 3 is 2.89 bits per heavy atom. The van der Waals surface area contributed by atoms with Crippen molar-refractivity contribution in [3.05, 3.63) is 94.2 Å². The molecule has 5 rings (SSSR count). The molecule has 0 atom stereocenters. The van der Waals surface area contributed by atoms with Crippen molar-refractivity contribution in [2.75, 3.05) is 0 Å². The minimum atomic E-state index is -0.374. The molecule has 1 aliphatic rings. The number of allylic oxidation sites excluding steroid dienone is 1. The van der Waals surface area contributed by atoms with Crippen molar-refractivity contribution in [1.82, 2.24) is 19.5 Å². The van der Waals surface area contributed by atoms with Crippen LogP contribution in [0.5, 0.6) is 0 Å².